The molecule has 1 atom stereocenters. The fraction of sp³-hybridized carbons (Fsp3) is 0.471. The summed E-state index contributed by atoms with van der Waals surface area (Å²) >= 11 is 0. The maximum atomic E-state index is 11.8. The van der Waals surface area contributed by atoms with Crippen molar-refractivity contribution in [2.45, 2.75) is 39.0 Å². The van der Waals surface area contributed by atoms with Gasteiger partial charge in [0.2, 0.25) is 5.91 Å². The van der Waals surface area contributed by atoms with Gasteiger partial charge in [0, 0.05) is 7.05 Å². The van der Waals surface area contributed by atoms with Gasteiger partial charge in [0.1, 0.15) is 18.2 Å². The Morgan fingerprint density at radius 2 is 1.72 bits per heavy atom. The monoisotopic (exact) mass is 351 g/mol. The van der Waals surface area contributed by atoms with Crippen LogP contribution >= 0.6 is 0 Å². The second kappa shape index (κ2) is 9.51. The number of hydrogen-bond donors (Lipinski definition) is 3. The molecule has 138 valence electrons. The molecule has 8 heteroatoms. The molecular weight excluding hydrogens is 326 g/mol. The highest BCUT2D eigenvalue weighted by Gasteiger charge is 2.24. The molecule has 1 rings (SSSR count). The second-order valence-electron chi connectivity index (χ2n) is 6.26. The van der Waals surface area contributed by atoms with E-state index >= 15 is 0 Å². The highest BCUT2D eigenvalue weighted by atomic mass is 16.6. The second-order valence-corrected chi connectivity index (χ2v) is 6.26. The van der Waals surface area contributed by atoms with Gasteiger partial charge in [-0.25, -0.2) is 9.59 Å². The van der Waals surface area contributed by atoms with Gasteiger partial charge in [-0.1, -0.05) is 30.3 Å². The van der Waals surface area contributed by atoms with Crippen molar-refractivity contribution in [1.82, 2.24) is 16.0 Å². The van der Waals surface area contributed by atoms with E-state index in [1.807, 2.05) is 30.3 Å². The Labute approximate surface area is 147 Å². The van der Waals surface area contributed by atoms with Crippen molar-refractivity contribution >= 4 is 18.1 Å². The molecule has 1 aromatic rings. The van der Waals surface area contributed by atoms with Crippen molar-refractivity contribution in [3.8, 4) is 0 Å². The summed E-state index contributed by atoms with van der Waals surface area (Å²) in [5.41, 5.74) is 0.145. The molecular formula is C17H25N3O5. The Morgan fingerprint density at radius 1 is 1.08 bits per heavy atom. The molecule has 0 aromatic heterocycles. The van der Waals surface area contributed by atoms with Crippen molar-refractivity contribution in [2.24, 2.45) is 0 Å². The Kier molecular flexibility index (Phi) is 7.71. The van der Waals surface area contributed by atoms with E-state index in [0.29, 0.717) is 0 Å². The fourth-order valence-corrected chi connectivity index (χ4v) is 1.79. The predicted octanol–water partition coefficient (Wildman–Crippen LogP) is 1.55. The standard InChI is InChI=1S/C17H25N3O5/c1-17(2,3)25-16(23)20-13(14(21)18-4)10-19-15(22)24-11-12-8-6-5-7-9-12/h5-9,13H,10-11H2,1-4H3,(H,18,21)(H,19,22)(H,20,23). The van der Waals surface area contributed by atoms with Crippen LogP contribution in [-0.2, 0) is 20.9 Å². The van der Waals surface area contributed by atoms with Crippen molar-refractivity contribution in [1.29, 1.82) is 0 Å². The van der Waals surface area contributed by atoms with E-state index in [4.69, 9.17) is 9.47 Å². The van der Waals surface area contributed by atoms with Crippen LogP contribution < -0.4 is 16.0 Å². The lowest BCUT2D eigenvalue weighted by Gasteiger charge is -2.23. The summed E-state index contributed by atoms with van der Waals surface area (Å²) in [6, 6.07) is 8.20. The first kappa shape index (κ1) is 20.3. The van der Waals surface area contributed by atoms with E-state index in [9.17, 15) is 14.4 Å². The van der Waals surface area contributed by atoms with E-state index in [-0.39, 0.29) is 13.2 Å². The Morgan fingerprint density at radius 3 is 2.28 bits per heavy atom. The van der Waals surface area contributed by atoms with Crippen LogP contribution in [0.4, 0.5) is 9.59 Å². The third-order valence-corrected chi connectivity index (χ3v) is 2.92. The highest BCUT2D eigenvalue weighted by Crippen LogP contribution is 2.06. The normalized spacial score (nSPS) is 11.8. The summed E-state index contributed by atoms with van der Waals surface area (Å²) in [4.78, 5) is 35.4. The molecule has 0 heterocycles. The first-order valence-electron chi connectivity index (χ1n) is 7.87. The molecule has 8 nitrogen and oxygen atoms in total. The van der Waals surface area contributed by atoms with Gasteiger partial charge in [0.15, 0.2) is 0 Å². The van der Waals surface area contributed by atoms with Crippen molar-refractivity contribution < 1.29 is 23.9 Å². The minimum Gasteiger partial charge on any atom is -0.445 e. The zero-order valence-electron chi connectivity index (χ0n) is 14.9. The van der Waals surface area contributed by atoms with Gasteiger partial charge in [-0.05, 0) is 26.3 Å². The highest BCUT2D eigenvalue weighted by molar-refractivity contribution is 5.86. The van der Waals surface area contributed by atoms with Crippen LogP contribution in [-0.4, -0.2) is 43.3 Å². The maximum Gasteiger partial charge on any atom is 0.408 e. The maximum absolute atomic E-state index is 11.8. The minimum absolute atomic E-state index is 0.108. The van der Waals surface area contributed by atoms with Gasteiger partial charge in [-0.3, -0.25) is 4.79 Å². The molecule has 0 aliphatic carbocycles. The predicted molar refractivity (Wildman–Crippen MR) is 91.9 cm³/mol. The van der Waals surface area contributed by atoms with Crippen molar-refractivity contribution in [3.63, 3.8) is 0 Å². The fourth-order valence-electron chi connectivity index (χ4n) is 1.79. The number of nitrogens with one attached hydrogen (secondary N) is 3. The van der Waals surface area contributed by atoms with Crippen LogP contribution in [0.3, 0.4) is 0 Å². The van der Waals surface area contributed by atoms with Gasteiger partial charge in [-0.15, -0.1) is 0 Å². The van der Waals surface area contributed by atoms with E-state index in [1.165, 1.54) is 7.05 Å². The Bertz CT molecular complexity index is 584. The zero-order chi connectivity index (χ0) is 18.9. The first-order chi connectivity index (χ1) is 11.7. The minimum atomic E-state index is -0.982. The molecule has 0 spiro atoms. The smallest absolute Gasteiger partial charge is 0.408 e. The molecule has 0 saturated carbocycles. The van der Waals surface area contributed by atoms with Crippen LogP contribution in [0.5, 0.6) is 0 Å². The summed E-state index contributed by atoms with van der Waals surface area (Å²) in [7, 11) is 1.43. The van der Waals surface area contributed by atoms with Crippen LogP contribution in [0.2, 0.25) is 0 Å². The average molecular weight is 351 g/mol. The number of carbonyl (C=O) groups is 3. The zero-order valence-corrected chi connectivity index (χ0v) is 14.9. The Hall–Kier alpha value is -2.77. The summed E-state index contributed by atoms with van der Waals surface area (Å²) in [5.74, 6) is -0.464. The molecule has 0 radical (unpaired) electrons. The van der Waals surface area contributed by atoms with Gasteiger partial charge in [0.25, 0.3) is 0 Å². The molecule has 0 aliphatic heterocycles. The first-order valence-corrected chi connectivity index (χ1v) is 7.87. The molecule has 0 fully saturated rings. The third kappa shape index (κ3) is 8.59. The summed E-state index contributed by atoms with van der Waals surface area (Å²) in [6.45, 7) is 5.10. The number of alkyl carbamates (subject to hydrolysis) is 2. The van der Waals surface area contributed by atoms with Crippen LogP contribution in [0, 0.1) is 0 Å². The third-order valence-electron chi connectivity index (χ3n) is 2.92. The number of benzene rings is 1. The van der Waals surface area contributed by atoms with Crippen LogP contribution in [0.1, 0.15) is 26.3 Å². The average Bonchev–Trinajstić information content (AvgIpc) is 2.55. The lowest BCUT2D eigenvalue weighted by Crippen LogP contribution is -2.52. The van der Waals surface area contributed by atoms with Crippen molar-refractivity contribution in [3.05, 3.63) is 35.9 Å². The molecule has 0 aliphatic rings. The molecule has 25 heavy (non-hydrogen) atoms. The summed E-state index contributed by atoms with van der Waals surface area (Å²) in [6.07, 6.45) is -1.44. The lowest BCUT2D eigenvalue weighted by atomic mass is 10.2. The molecule has 3 amide bonds. The molecule has 3 N–H and O–H groups in total. The number of rotatable bonds is 6. The van der Waals surface area contributed by atoms with E-state index in [2.05, 4.69) is 16.0 Å². The number of amides is 3. The van der Waals surface area contributed by atoms with Gasteiger partial charge < -0.3 is 25.4 Å². The van der Waals surface area contributed by atoms with E-state index in [0.717, 1.165) is 5.56 Å². The van der Waals surface area contributed by atoms with Gasteiger partial charge in [-0.2, -0.15) is 0 Å². The van der Waals surface area contributed by atoms with E-state index in [1.54, 1.807) is 20.8 Å². The number of likely N-dealkylation sites (N-methyl/N-ethyl adjacent to an activating group) is 1. The van der Waals surface area contributed by atoms with Gasteiger partial charge in [0.05, 0.1) is 6.54 Å². The Balaban J connectivity index is 2.48. The summed E-state index contributed by atoms with van der Waals surface area (Å²) in [5, 5.41) is 7.27. The number of ether oxygens (including phenoxy) is 2. The SMILES string of the molecule is CNC(=O)C(CNC(=O)OCc1ccccc1)NC(=O)OC(C)(C)C. The topological polar surface area (TPSA) is 106 Å². The largest absolute Gasteiger partial charge is 0.445 e. The van der Waals surface area contributed by atoms with Crippen LogP contribution in [0.25, 0.3) is 0 Å². The van der Waals surface area contributed by atoms with Crippen LogP contribution in [0.15, 0.2) is 30.3 Å². The number of hydrogen-bond acceptors (Lipinski definition) is 5. The van der Waals surface area contributed by atoms with Gasteiger partial charge >= 0.3 is 12.2 Å². The van der Waals surface area contributed by atoms with Crippen molar-refractivity contribution in [2.75, 3.05) is 13.6 Å². The quantitative estimate of drug-likeness (QED) is 0.721. The summed E-state index contributed by atoms with van der Waals surface area (Å²) < 4.78 is 10.2. The van der Waals surface area contributed by atoms with E-state index < -0.39 is 29.7 Å². The molecule has 1 unspecified atom stereocenters. The molecule has 0 bridgehead atoms. The molecule has 1 aromatic carbocycles. The molecule has 0 saturated heterocycles. The number of carbonyl (C=O) groups excluding carboxylic acids is 3. The lowest BCUT2D eigenvalue weighted by molar-refractivity contribution is -0.122.